The number of likely N-dealkylation sites (tertiary alicyclic amines) is 1. The lowest BCUT2D eigenvalue weighted by atomic mass is 9.78. The highest BCUT2D eigenvalue weighted by Gasteiger charge is 2.40. The lowest BCUT2D eigenvalue weighted by Gasteiger charge is -2.29. The third-order valence-electron chi connectivity index (χ3n) is 3.81. The molecule has 94 valence electrons. The van der Waals surface area contributed by atoms with Crippen LogP contribution in [0.15, 0.2) is 0 Å². The normalized spacial score (nSPS) is 32.9. The van der Waals surface area contributed by atoms with E-state index in [2.05, 4.69) is 0 Å². The molecule has 2 aliphatic rings. The number of urea groups is 1. The number of rotatable bonds is 0. The van der Waals surface area contributed by atoms with Gasteiger partial charge in [0.05, 0.1) is 0 Å². The molecule has 0 aromatic rings. The van der Waals surface area contributed by atoms with Crippen molar-refractivity contribution in [2.45, 2.75) is 25.3 Å². The van der Waals surface area contributed by atoms with E-state index in [0.717, 1.165) is 19.5 Å². The Morgan fingerprint density at radius 3 is 2.56 bits per heavy atom. The Hall–Kier alpha value is -0.480. The van der Waals surface area contributed by atoms with Crippen molar-refractivity contribution in [1.29, 1.82) is 0 Å². The van der Waals surface area contributed by atoms with Gasteiger partial charge in [-0.1, -0.05) is 6.42 Å². The van der Waals surface area contributed by atoms with Crippen LogP contribution in [0.25, 0.3) is 0 Å². The Morgan fingerprint density at radius 1 is 1.31 bits per heavy atom. The van der Waals surface area contributed by atoms with E-state index < -0.39 is 0 Å². The number of carbonyl (C=O) groups excluding carboxylic acids is 1. The second-order valence-electron chi connectivity index (χ2n) is 5.10. The van der Waals surface area contributed by atoms with Crippen molar-refractivity contribution in [1.82, 2.24) is 9.80 Å². The van der Waals surface area contributed by atoms with Crippen LogP contribution in [0.5, 0.6) is 0 Å². The molecule has 2 rings (SSSR count). The van der Waals surface area contributed by atoms with Gasteiger partial charge in [0.2, 0.25) is 0 Å². The molecule has 1 saturated carbocycles. The van der Waals surface area contributed by atoms with Gasteiger partial charge in [0.25, 0.3) is 0 Å². The summed E-state index contributed by atoms with van der Waals surface area (Å²) >= 11 is 0. The quantitative estimate of drug-likeness (QED) is 0.698. The van der Waals surface area contributed by atoms with Gasteiger partial charge in [-0.15, -0.1) is 12.4 Å². The number of nitrogens with zero attached hydrogens (tertiary/aromatic N) is 2. The van der Waals surface area contributed by atoms with Gasteiger partial charge < -0.3 is 15.5 Å². The zero-order chi connectivity index (χ0) is 11.0. The minimum absolute atomic E-state index is 0. The Morgan fingerprint density at radius 2 is 2.00 bits per heavy atom. The predicted octanol–water partition coefficient (Wildman–Crippen LogP) is 1.15. The maximum atomic E-state index is 11.8. The number of nitrogens with two attached hydrogens (primary N) is 1. The van der Waals surface area contributed by atoms with Crippen molar-refractivity contribution in [3.63, 3.8) is 0 Å². The van der Waals surface area contributed by atoms with E-state index in [4.69, 9.17) is 5.73 Å². The third-order valence-corrected chi connectivity index (χ3v) is 3.81. The van der Waals surface area contributed by atoms with E-state index in [1.54, 1.807) is 4.90 Å². The predicted molar refractivity (Wildman–Crippen MR) is 66.7 cm³/mol. The fourth-order valence-electron chi connectivity index (χ4n) is 2.96. The van der Waals surface area contributed by atoms with Gasteiger partial charge in [0, 0.05) is 33.2 Å². The Balaban J connectivity index is 0.00000128. The molecule has 2 N–H and O–H groups in total. The van der Waals surface area contributed by atoms with Gasteiger partial charge >= 0.3 is 6.03 Å². The average Bonchev–Trinajstić information content (AvgIpc) is 2.61. The van der Waals surface area contributed by atoms with E-state index >= 15 is 0 Å². The first-order chi connectivity index (χ1) is 7.09. The summed E-state index contributed by atoms with van der Waals surface area (Å²) in [7, 11) is 3.62. The van der Waals surface area contributed by atoms with Gasteiger partial charge in [0.15, 0.2) is 0 Å². The molecule has 16 heavy (non-hydrogen) atoms. The molecule has 0 spiro atoms. The van der Waals surface area contributed by atoms with E-state index in [-0.39, 0.29) is 18.4 Å². The molecule has 1 heterocycles. The topological polar surface area (TPSA) is 49.6 Å². The summed E-state index contributed by atoms with van der Waals surface area (Å²) < 4.78 is 0. The number of carbonyl (C=O) groups is 1. The van der Waals surface area contributed by atoms with Crippen LogP contribution in [0.4, 0.5) is 4.79 Å². The smallest absolute Gasteiger partial charge is 0.319 e. The van der Waals surface area contributed by atoms with Crippen LogP contribution in [-0.2, 0) is 0 Å². The summed E-state index contributed by atoms with van der Waals surface area (Å²) in [5.74, 6) is 1.19. The van der Waals surface area contributed by atoms with Crippen molar-refractivity contribution >= 4 is 18.4 Å². The van der Waals surface area contributed by atoms with Crippen molar-refractivity contribution in [3.05, 3.63) is 0 Å². The molecule has 3 atom stereocenters. The van der Waals surface area contributed by atoms with Crippen LogP contribution in [-0.4, -0.2) is 49.1 Å². The molecule has 0 aromatic carbocycles. The molecule has 0 bridgehead atoms. The van der Waals surface area contributed by atoms with Crippen LogP contribution in [0.3, 0.4) is 0 Å². The number of hydrogen-bond acceptors (Lipinski definition) is 2. The molecule has 2 amide bonds. The molecule has 1 aliphatic heterocycles. The fraction of sp³-hybridized carbons (Fsp3) is 0.909. The molecule has 1 aliphatic carbocycles. The van der Waals surface area contributed by atoms with Crippen LogP contribution >= 0.6 is 12.4 Å². The minimum Gasteiger partial charge on any atom is -0.331 e. The zero-order valence-corrected chi connectivity index (χ0v) is 10.9. The summed E-state index contributed by atoms with van der Waals surface area (Å²) in [6.45, 7) is 1.78. The van der Waals surface area contributed by atoms with Crippen molar-refractivity contribution < 1.29 is 4.79 Å². The Bertz CT molecular complexity index is 260. The first-order valence-electron chi connectivity index (χ1n) is 5.81. The lowest BCUT2D eigenvalue weighted by Crippen LogP contribution is -2.40. The van der Waals surface area contributed by atoms with E-state index in [1.165, 1.54) is 12.8 Å². The maximum Gasteiger partial charge on any atom is 0.319 e. The number of hydrogen-bond donors (Lipinski definition) is 1. The second kappa shape index (κ2) is 5.23. The van der Waals surface area contributed by atoms with E-state index in [9.17, 15) is 4.79 Å². The van der Waals surface area contributed by atoms with Gasteiger partial charge in [-0.05, 0) is 24.7 Å². The summed E-state index contributed by atoms with van der Waals surface area (Å²) in [5, 5.41) is 0. The van der Waals surface area contributed by atoms with Gasteiger partial charge in [-0.3, -0.25) is 0 Å². The van der Waals surface area contributed by atoms with Gasteiger partial charge in [-0.2, -0.15) is 0 Å². The molecule has 4 nitrogen and oxygen atoms in total. The number of halogens is 1. The number of amides is 2. The molecule has 1 saturated heterocycles. The van der Waals surface area contributed by atoms with E-state index in [1.807, 2.05) is 19.0 Å². The third kappa shape index (κ3) is 2.43. The van der Waals surface area contributed by atoms with Crippen LogP contribution in [0.2, 0.25) is 0 Å². The largest absolute Gasteiger partial charge is 0.331 e. The lowest BCUT2D eigenvalue weighted by molar-refractivity contribution is 0.179. The molecule has 2 fully saturated rings. The molecule has 3 unspecified atom stereocenters. The minimum atomic E-state index is 0. The monoisotopic (exact) mass is 247 g/mol. The summed E-state index contributed by atoms with van der Waals surface area (Å²) in [6, 6.07) is 0.445. The summed E-state index contributed by atoms with van der Waals surface area (Å²) in [6.07, 6.45) is 3.60. The second-order valence-corrected chi connectivity index (χ2v) is 5.10. The van der Waals surface area contributed by atoms with Gasteiger partial charge in [0.1, 0.15) is 0 Å². The van der Waals surface area contributed by atoms with Crippen LogP contribution < -0.4 is 5.73 Å². The summed E-state index contributed by atoms with van der Waals surface area (Å²) in [5.41, 5.74) is 6.11. The molecule has 0 aromatic heterocycles. The Labute approximate surface area is 104 Å². The zero-order valence-electron chi connectivity index (χ0n) is 10.1. The first kappa shape index (κ1) is 13.6. The van der Waals surface area contributed by atoms with Crippen LogP contribution in [0.1, 0.15) is 19.3 Å². The fourth-order valence-corrected chi connectivity index (χ4v) is 2.96. The maximum absolute atomic E-state index is 11.8. The number of fused-ring (bicyclic) bond motifs is 1. The van der Waals surface area contributed by atoms with Crippen molar-refractivity contribution in [2.24, 2.45) is 17.6 Å². The Kier molecular flexibility index (Phi) is 4.44. The van der Waals surface area contributed by atoms with Crippen molar-refractivity contribution in [3.8, 4) is 0 Å². The first-order valence-corrected chi connectivity index (χ1v) is 5.81. The van der Waals surface area contributed by atoms with Crippen molar-refractivity contribution in [2.75, 3.05) is 27.2 Å². The highest BCUT2D eigenvalue weighted by Crippen LogP contribution is 2.35. The molecular weight excluding hydrogens is 226 g/mol. The van der Waals surface area contributed by atoms with Crippen LogP contribution in [0, 0.1) is 11.8 Å². The van der Waals surface area contributed by atoms with Gasteiger partial charge in [-0.25, -0.2) is 4.79 Å². The molecule has 5 heteroatoms. The SMILES string of the molecule is CN(C)C(=O)N1CC2CCCC(N)C2C1.Cl. The van der Waals surface area contributed by atoms with E-state index in [0.29, 0.717) is 17.9 Å². The standard InChI is InChI=1S/C11H21N3O.ClH/c1-13(2)11(15)14-6-8-4-3-5-10(12)9(8)7-14;/h8-10H,3-7,12H2,1-2H3;1H. The average molecular weight is 248 g/mol. The molecule has 0 radical (unpaired) electrons. The summed E-state index contributed by atoms with van der Waals surface area (Å²) in [4.78, 5) is 15.4. The molecular formula is C11H22ClN3O. The highest BCUT2D eigenvalue weighted by molar-refractivity contribution is 5.85. The highest BCUT2D eigenvalue weighted by atomic mass is 35.5.